The highest BCUT2D eigenvalue weighted by Gasteiger charge is 2.08. The molecular weight excluding hydrogens is 186 g/mol. The van der Waals surface area contributed by atoms with Gasteiger partial charge in [0.05, 0.1) is 6.26 Å². The lowest BCUT2D eigenvalue weighted by Crippen LogP contribution is -1.89. The summed E-state index contributed by atoms with van der Waals surface area (Å²) in [5, 5.41) is 2.35. The lowest BCUT2D eigenvalue weighted by molar-refractivity contribution is 0.618. The first-order valence-electron chi connectivity index (χ1n) is 5.15. The molecule has 0 bridgehead atoms. The van der Waals surface area contributed by atoms with Gasteiger partial charge in [-0.25, -0.2) is 4.98 Å². The monoisotopic (exact) mass is 197 g/mol. The third-order valence-corrected chi connectivity index (χ3v) is 2.72. The summed E-state index contributed by atoms with van der Waals surface area (Å²) in [6, 6.07) is 10.2. The molecule has 2 heterocycles. The van der Waals surface area contributed by atoms with Gasteiger partial charge in [-0.1, -0.05) is 31.2 Å². The summed E-state index contributed by atoms with van der Waals surface area (Å²) in [6.07, 6.45) is 2.64. The molecule has 0 N–H and O–H groups in total. The fourth-order valence-electron chi connectivity index (χ4n) is 2.00. The van der Waals surface area contributed by atoms with Crippen molar-refractivity contribution in [3.63, 3.8) is 0 Å². The number of hydrogen-bond donors (Lipinski definition) is 0. The molecule has 0 aliphatic heterocycles. The van der Waals surface area contributed by atoms with Crippen molar-refractivity contribution in [2.45, 2.75) is 13.3 Å². The van der Waals surface area contributed by atoms with Gasteiger partial charge < -0.3 is 4.42 Å². The van der Waals surface area contributed by atoms with Crippen LogP contribution in [-0.4, -0.2) is 4.98 Å². The minimum atomic E-state index is 0.891. The largest absolute Gasteiger partial charge is 0.462 e. The molecule has 1 aromatic carbocycles. The SMILES string of the molecule is CCc1nc2ccoc2c2ccccc12. The molecule has 0 amide bonds. The van der Waals surface area contributed by atoms with E-state index in [9.17, 15) is 0 Å². The van der Waals surface area contributed by atoms with Crippen LogP contribution in [0.5, 0.6) is 0 Å². The second-order valence-electron chi connectivity index (χ2n) is 3.59. The summed E-state index contributed by atoms with van der Waals surface area (Å²) >= 11 is 0. The summed E-state index contributed by atoms with van der Waals surface area (Å²) in [5.41, 5.74) is 2.98. The highest BCUT2D eigenvalue weighted by molar-refractivity contribution is 6.03. The third-order valence-electron chi connectivity index (χ3n) is 2.72. The van der Waals surface area contributed by atoms with Crippen molar-refractivity contribution in [2.75, 3.05) is 0 Å². The Bertz CT molecular complexity index is 625. The van der Waals surface area contributed by atoms with Gasteiger partial charge in [0.1, 0.15) is 5.52 Å². The van der Waals surface area contributed by atoms with Gasteiger partial charge in [-0.2, -0.15) is 0 Å². The van der Waals surface area contributed by atoms with Crippen LogP contribution < -0.4 is 0 Å². The Hall–Kier alpha value is -1.83. The Morgan fingerprint density at radius 2 is 1.93 bits per heavy atom. The van der Waals surface area contributed by atoms with Gasteiger partial charge in [0.25, 0.3) is 0 Å². The molecule has 0 atom stereocenters. The van der Waals surface area contributed by atoms with E-state index < -0.39 is 0 Å². The molecule has 0 spiro atoms. The van der Waals surface area contributed by atoms with Crippen LogP contribution in [0.4, 0.5) is 0 Å². The second kappa shape index (κ2) is 3.09. The van der Waals surface area contributed by atoms with E-state index in [1.54, 1.807) is 6.26 Å². The van der Waals surface area contributed by atoms with E-state index in [0.717, 1.165) is 28.6 Å². The molecule has 0 aliphatic rings. The molecule has 0 aliphatic carbocycles. The van der Waals surface area contributed by atoms with E-state index in [-0.39, 0.29) is 0 Å². The predicted octanol–water partition coefficient (Wildman–Crippen LogP) is 3.54. The van der Waals surface area contributed by atoms with Crippen LogP contribution in [0.2, 0.25) is 0 Å². The third kappa shape index (κ3) is 1.14. The van der Waals surface area contributed by atoms with E-state index in [2.05, 4.69) is 24.0 Å². The normalized spacial score (nSPS) is 11.3. The molecule has 15 heavy (non-hydrogen) atoms. The number of fused-ring (bicyclic) bond motifs is 3. The Labute approximate surface area is 87.5 Å². The molecule has 0 saturated heterocycles. The molecule has 74 valence electrons. The standard InChI is InChI=1S/C13H11NO/c1-2-11-9-5-3-4-6-10(9)13-12(14-11)7-8-15-13/h3-8H,2H2,1H3. The molecular formula is C13H11NO. The summed E-state index contributed by atoms with van der Waals surface area (Å²) in [4.78, 5) is 4.59. The van der Waals surface area contributed by atoms with Crippen molar-refractivity contribution < 1.29 is 4.42 Å². The van der Waals surface area contributed by atoms with E-state index in [0.29, 0.717) is 0 Å². The molecule has 2 nitrogen and oxygen atoms in total. The molecule has 2 heteroatoms. The van der Waals surface area contributed by atoms with Crippen molar-refractivity contribution in [1.82, 2.24) is 4.98 Å². The molecule has 0 radical (unpaired) electrons. The Morgan fingerprint density at radius 3 is 2.73 bits per heavy atom. The number of aromatic nitrogens is 1. The summed E-state index contributed by atoms with van der Waals surface area (Å²) in [5.74, 6) is 0. The molecule has 0 fully saturated rings. The van der Waals surface area contributed by atoms with Gasteiger partial charge in [0.15, 0.2) is 5.58 Å². The number of hydrogen-bond acceptors (Lipinski definition) is 2. The van der Waals surface area contributed by atoms with Crippen LogP contribution in [0.3, 0.4) is 0 Å². The van der Waals surface area contributed by atoms with Crippen molar-refractivity contribution >= 4 is 21.9 Å². The van der Waals surface area contributed by atoms with Gasteiger partial charge in [0.2, 0.25) is 0 Å². The predicted molar refractivity (Wildman–Crippen MR) is 60.9 cm³/mol. The van der Waals surface area contributed by atoms with E-state index >= 15 is 0 Å². The zero-order valence-electron chi connectivity index (χ0n) is 8.53. The topological polar surface area (TPSA) is 26.0 Å². The van der Waals surface area contributed by atoms with Crippen LogP contribution in [0.1, 0.15) is 12.6 Å². The molecule has 2 aromatic heterocycles. The number of pyridine rings is 1. The van der Waals surface area contributed by atoms with E-state index in [1.165, 1.54) is 5.39 Å². The fraction of sp³-hybridized carbons (Fsp3) is 0.154. The Balaban J connectivity index is 2.58. The van der Waals surface area contributed by atoms with E-state index in [1.807, 2.05) is 18.2 Å². The van der Waals surface area contributed by atoms with Gasteiger partial charge in [-0.15, -0.1) is 0 Å². The van der Waals surface area contributed by atoms with Crippen LogP contribution in [-0.2, 0) is 6.42 Å². The van der Waals surface area contributed by atoms with E-state index in [4.69, 9.17) is 4.42 Å². The second-order valence-corrected chi connectivity index (χ2v) is 3.59. The van der Waals surface area contributed by atoms with Crippen LogP contribution in [0.25, 0.3) is 21.9 Å². The first kappa shape index (κ1) is 8.48. The van der Waals surface area contributed by atoms with Crippen molar-refractivity contribution in [3.05, 3.63) is 42.3 Å². The zero-order valence-corrected chi connectivity index (χ0v) is 8.53. The summed E-state index contributed by atoms with van der Waals surface area (Å²) < 4.78 is 5.47. The Kier molecular flexibility index (Phi) is 1.75. The highest BCUT2D eigenvalue weighted by atomic mass is 16.3. The first-order valence-corrected chi connectivity index (χ1v) is 5.15. The zero-order chi connectivity index (χ0) is 10.3. The summed E-state index contributed by atoms with van der Waals surface area (Å²) in [6.45, 7) is 2.13. The molecule has 0 unspecified atom stereocenters. The number of furan rings is 1. The number of benzene rings is 1. The quantitative estimate of drug-likeness (QED) is 0.596. The van der Waals surface area contributed by atoms with Gasteiger partial charge in [0, 0.05) is 22.5 Å². The maximum Gasteiger partial charge on any atom is 0.160 e. The van der Waals surface area contributed by atoms with Crippen molar-refractivity contribution in [1.29, 1.82) is 0 Å². The molecule has 0 saturated carbocycles. The summed E-state index contributed by atoms with van der Waals surface area (Å²) in [7, 11) is 0. The van der Waals surface area contributed by atoms with Crippen molar-refractivity contribution in [2.24, 2.45) is 0 Å². The number of aryl methyl sites for hydroxylation is 1. The van der Waals surface area contributed by atoms with Gasteiger partial charge >= 0.3 is 0 Å². The van der Waals surface area contributed by atoms with Crippen LogP contribution >= 0.6 is 0 Å². The smallest absolute Gasteiger partial charge is 0.160 e. The lowest BCUT2D eigenvalue weighted by Gasteiger charge is -2.03. The van der Waals surface area contributed by atoms with Gasteiger partial charge in [-0.3, -0.25) is 0 Å². The Morgan fingerprint density at radius 1 is 1.13 bits per heavy atom. The number of rotatable bonds is 1. The van der Waals surface area contributed by atoms with Crippen LogP contribution in [0, 0.1) is 0 Å². The first-order chi connectivity index (χ1) is 7.40. The van der Waals surface area contributed by atoms with Crippen molar-refractivity contribution in [3.8, 4) is 0 Å². The highest BCUT2D eigenvalue weighted by Crippen LogP contribution is 2.26. The lowest BCUT2D eigenvalue weighted by atomic mass is 10.1. The minimum absolute atomic E-state index is 0.891. The maximum absolute atomic E-state index is 5.47. The maximum atomic E-state index is 5.47. The average molecular weight is 197 g/mol. The molecule has 3 rings (SSSR count). The molecule has 3 aromatic rings. The van der Waals surface area contributed by atoms with Gasteiger partial charge in [-0.05, 0) is 6.42 Å². The minimum Gasteiger partial charge on any atom is -0.462 e. The average Bonchev–Trinajstić information content (AvgIpc) is 2.76. The van der Waals surface area contributed by atoms with Crippen LogP contribution in [0.15, 0.2) is 41.0 Å². The number of nitrogens with zero attached hydrogens (tertiary/aromatic N) is 1. The fourth-order valence-corrected chi connectivity index (χ4v) is 2.00.